The number of hydrogen-bond acceptors (Lipinski definition) is 4. The average molecular weight is 267 g/mol. The highest BCUT2D eigenvalue weighted by molar-refractivity contribution is 7.89. The van der Waals surface area contributed by atoms with Crippen LogP contribution in [0, 0.1) is 0 Å². The molecule has 16 heavy (non-hydrogen) atoms. The Morgan fingerprint density at radius 2 is 2.31 bits per heavy atom. The number of aryl methyl sites for hydroxylation is 1. The molecule has 1 heterocycles. The topological polar surface area (TPSA) is 76.9 Å². The molecule has 8 heteroatoms. The van der Waals surface area contributed by atoms with Crippen molar-refractivity contribution in [3.63, 3.8) is 0 Å². The molecule has 0 atom stereocenters. The van der Waals surface area contributed by atoms with Crippen LogP contribution < -0.4 is 4.72 Å². The van der Waals surface area contributed by atoms with E-state index in [-0.39, 0.29) is 5.75 Å². The summed E-state index contributed by atoms with van der Waals surface area (Å²) in [7, 11) is -1.38. The maximum Gasteiger partial charge on any atom is 0.211 e. The van der Waals surface area contributed by atoms with Crippen molar-refractivity contribution in [3.05, 3.63) is 12.2 Å². The van der Waals surface area contributed by atoms with Crippen molar-refractivity contribution < 1.29 is 8.42 Å². The summed E-state index contributed by atoms with van der Waals surface area (Å²) in [6.45, 7) is 0.331. The molecule has 0 aliphatic carbocycles. The third-order valence-corrected chi connectivity index (χ3v) is 3.76. The zero-order chi connectivity index (χ0) is 12.0. The van der Waals surface area contributed by atoms with Crippen molar-refractivity contribution in [2.24, 2.45) is 7.05 Å². The van der Waals surface area contributed by atoms with Gasteiger partial charge in [-0.15, -0.1) is 21.8 Å². The number of alkyl halides is 1. The smallest absolute Gasteiger partial charge is 0.211 e. The van der Waals surface area contributed by atoms with E-state index in [1.54, 1.807) is 10.9 Å². The molecule has 1 aromatic heterocycles. The number of sulfonamides is 1. The van der Waals surface area contributed by atoms with E-state index in [4.69, 9.17) is 11.6 Å². The average Bonchev–Trinajstić information content (AvgIpc) is 2.62. The summed E-state index contributed by atoms with van der Waals surface area (Å²) >= 11 is 5.43. The van der Waals surface area contributed by atoms with Crippen LogP contribution in [-0.4, -0.2) is 41.4 Å². The molecule has 0 saturated carbocycles. The van der Waals surface area contributed by atoms with E-state index in [0.717, 1.165) is 5.82 Å². The van der Waals surface area contributed by atoms with Crippen LogP contribution in [0.25, 0.3) is 0 Å². The van der Waals surface area contributed by atoms with Crippen LogP contribution >= 0.6 is 11.6 Å². The Kier molecular flexibility index (Phi) is 5.17. The van der Waals surface area contributed by atoms with Gasteiger partial charge in [0, 0.05) is 25.9 Å². The van der Waals surface area contributed by atoms with Crippen LogP contribution in [0.5, 0.6) is 0 Å². The second-order valence-electron chi connectivity index (χ2n) is 3.36. The first-order valence-electron chi connectivity index (χ1n) is 4.91. The van der Waals surface area contributed by atoms with Crippen molar-refractivity contribution >= 4 is 21.6 Å². The minimum atomic E-state index is -3.20. The Bertz CT molecular complexity index is 417. The van der Waals surface area contributed by atoms with Gasteiger partial charge in [0.15, 0.2) is 0 Å². The van der Waals surface area contributed by atoms with Gasteiger partial charge in [0.05, 0.1) is 5.75 Å². The fraction of sp³-hybridized carbons (Fsp3) is 0.750. The van der Waals surface area contributed by atoms with Gasteiger partial charge in [-0.3, -0.25) is 0 Å². The van der Waals surface area contributed by atoms with Gasteiger partial charge in [-0.05, 0) is 6.42 Å². The molecular formula is C8H15ClN4O2S. The summed E-state index contributed by atoms with van der Waals surface area (Å²) < 4.78 is 27.0. The third-order valence-electron chi connectivity index (χ3n) is 2.02. The maximum absolute atomic E-state index is 11.4. The van der Waals surface area contributed by atoms with Crippen LogP contribution in [0.3, 0.4) is 0 Å². The molecule has 1 aromatic rings. The van der Waals surface area contributed by atoms with E-state index in [9.17, 15) is 8.42 Å². The number of aromatic nitrogens is 3. The second kappa shape index (κ2) is 6.17. The Morgan fingerprint density at radius 1 is 1.56 bits per heavy atom. The first-order valence-corrected chi connectivity index (χ1v) is 7.10. The largest absolute Gasteiger partial charge is 0.321 e. The summed E-state index contributed by atoms with van der Waals surface area (Å²) in [5.74, 6) is 1.17. The van der Waals surface area contributed by atoms with Gasteiger partial charge < -0.3 is 4.57 Å². The minimum Gasteiger partial charge on any atom is -0.321 e. The molecule has 0 aliphatic heterocycles. The number of nitrogens with zero attached hydrogens (tertiary/aromatic N) is 3. The van der Waals surface area contributed by atoms with Gasteiger partial charge in [-0.2, -0.15) is 0 Å². The summed E-state index contributed by atoms with van der Waals surface area (Å²) in [6, 6.07) is 0. The zero-order valence-electron chi connectivity index (χ0n) is 9.06. The van der Waals surface area contributed by atoms with Crippen LogP contribution in [0.2, 0.25) is 0 Å². The molecule has 0 unspecified atom stereocenters. The lowest BCUT2D eigenvalue weighted by Gasteiger charge is -2.05. The Labute approximate surface area is 100 Å². The highest BCUT2D eigenvalue weighted by Gasteiger charge is 2.09. The van der Waals surface area contributed by atoms with Crippen molar-refractivity contribution in [1.29, 1.82) is 0 Å². The SMILES string of the molecule is Cn1cnnc1CCNS(=O)(=O)CCCCl. The third kappa shape index (κ3) is 4.46. The van der Waals surface area contributed by atoms with E-state index in [1.165, 1.54) is 0 Å². The van der Waals surface area contributed by atoms with Crippen LogP contribution in [0.15, 0.2) is 6.33 Å². The highest BCUT2D eigenvalue weighted by Crippen LogP contribution is 1.95. The van der Waals surface area contributed by atoms with Gasteiger partial charge >= 0.3 is 0 Å². The molecule has 0 aliphatic rings. The van der Waals surface area contributed by atoms with Gasteiger partial charge in [-0.25, -0.2) is 13.1 Å². The van der Waals surface area contributed by atoms with Crippen molar-refractivity contribution in [1.82, 2.24) is 19.5 Å². The second-order valence-corrected chi connectivity index (χ2v) is 5.67. The Morgan fingerprint density at radius 3 is 2.88 bits per heavy atom. The van der Waals surface area contributed by atoms with E-state index in [1.807, 2.05) is 7.05 Å². The first kappa shape index (κ1) is 13.4. The first-order chi connectivity index (χ1) is 7.55. The molecule has 0 radical (unpaired) electrons. The fourth-order valence-electron chi connectivity index (χ4n) is 1.17. The molecule has 6 nitrogen and oxygen atoms in total. The van der Waals surface area contributed by atoms with E-state index >= 15 is 0 Å². The highest BCUT2D eigenvalue weighted by atomic mass is 35.5. The standard InChI is InChI=1S/C8H15ClN4O2S/c1-13-7-10-12-8(13)3-5-11-16(14,15)6-2-4-9/h7,11H,2-6H2,1H3. The van der Waals surface area contributed by atoms with Gasteiger partial charge in [0.1, 0.15) is 12.2 Å². The molecular weight excluding hydrogens is 252 g/mol. The van der Waals surface area contributed by atoms with Crippen LogP contribution in [0.1, 0.15) is 12.2 Å². The normalized spacial score (nSPS) is 11.9. The van der Waals surface area contributed by atoms with E-state index in [0.29, 0.717) is 25.3 Å². The molecule has 0 fully saturated rings. The van der Waals surface area contributed by atoms with Crippen molar-refractivity contribution in [3.8, 4) is 0 Å². The van der Waals surface area contributed by atoms with Crippen molar-refractivity contribution in [2.75, 3.05) is 18.2 Å². The maximum atomic E-state index is 11.4. The minimum absolute atomic E-state index is 0.0648. The van der Waals surface area contributed by atoms with Gasteiger partial charge in [0.25, 0.3) is 0 Å². The summed E-state index contributed by atoms with van der Waals surface area (Å²) in [4.78, 5) is 0. The predicted molar refractivity (Wildman–Crippen MR) is 61.8 cm³/mol. The van der Waals surface area contributed by atoms with Gasteiger partial charge in [-0.1, -0.05) is 0 Å². The molecule has 1 rings (SSSR count). The summed E-state index contributed by atoms with van der Waals surface area (Å²) in [5.41, 5.74) is 0. The molecule has 0 bridgehead atoms. The predicted octanol–water partition coefficient (Wildman–Crippen LogP) is -0.0941. The summed E-state index contributed by atoms with van der Waals surface area (Å²) in [5, 5.41) is 7.56. The lowest BCUT2D eigenvalue weighted by molar-refractivity contribution is 0.578. The lowest BCUT2D eigenvalue weighted by atomic mass is 10.4. The number of halogens is 1. The Balaban J connectivity index is 2.33. The molecule has 0 saturated heterocycles. The number of rotatable bonds is 7. The Hall–Kier alpha value is -0.660. The number of nitrogens with one attached hydrogen (secondary N) is 1. The van der Waals surface area contributed by atoms with Crippen molar-refractivity contribution in [2.45, 2.75) is 12.8 Å². The molecule has 1 N–H and O–H groups in total. The molecule has 0 amide bonds. The quantitative estimate of drug-likeness (QED) is 0.700. The fourth-order valence-corrected chi connectivity index (χ4v) is 2.54. The van der Waals surface area contributed by atoms with Crippen LogP contribution in [0.4, 0.5) is 0 Å². The van der Waals surface area contributed by atoms with Crippen LogP contribution in [-0.2, 0) is 23.5 Å². The van der Waals surface area contributed by atoms with E-state index in [2.05, 4.69) is 14.9 Å². The molecule has 92 valence electrons. The zero-order valence-corrected chi connectivity index (χ0v) is 10.6. The lowest BCUT2D eigenvalue weighted by Crippen LogP contribution is -2.29. The van der Waals surface area contributed by atoms with Gasteiger partial charge in [0.2, 0.25) is 10.0 Å². The molecule has 0 aromatic carbocycles. The number of hydrogen-bond donors (Lipinski definition) is 1. The van der Waals surface area contributed by atoms with E-state index < -0.39 is 10.0 Å². The molecule has 0 spiro atoms. The monoisotopic (exact) mass is 266 g/mol. The summed E-state index contributed by atoms with van der Waals surface area (Å²) in [6.07, 6.45) is 2.56.